The molecule has 1 spiro atoms. The van der Waals surface area contributed by atoms with Crippen molar-refractivity contribution in [1.29, 1.82) is 10.7 Å². The van der Waals surface area contributed by atoms with Crippen LogP contribution in [-0.2, 0) is 11.8 Å². The summed E-state index contributed by atoms with van der Waals surface area (Å²) in [6, 6.07) is 5.97. The predicted octanol–water partition coefficient (Wildman–Crippen LogP) is 3.76. The second kappa shape index (κ2) is 11.3. The zero-order valence-electron chi connectivity index (χ0n) is 23.9. The summed E-state index contributed by atoms with van der Waals surface area (Å²) in [5.41, 5.74) is 8.94. The number of amides is 1. The molecule has 3 aliphatic rings. The summed E-state index contributed by atoms with van der Waals surface area (Å²) in [5.74, 6) is 0.717. The van der Waals surface area contributed by atoms with E-state index in [0.29, 0.717) is 34.9 Å². The second-order valence-corrected chi connectivity index (χ2v) is 12.5. The lowest BCUT2D eigenvalue weighted by atomic mass is 9.64. The maximum atomic E-state index is 12.2. The van der Waals surface area contributed by atoms with Gasteiger partial charge in [-0.05, 0) is 82.2 Å². The van der Waals surface area contributed by atoms with Crippen LogP contribution in [0.15, 0.2) is 30.0 Å². The number of thiophene rings is 1. The lowest BCUT2D eigenvalue weighted by Crippen LogP contribution is -2.32. The molecule has 1 saturated heterocycles. The number of likely N-dealkylation sites (N-methyl/N-ethyl adjacent to an activating group) is 1. The number of nitriles is 1. The molecule has 0 saturated carbocycles. The molecule has 0 radical (unpaired) electrons. The first kappa shape index (κ1) is 28.1. The molecule has 0 aromatic carbocycles. The number of aryl methyl sites for hydroxylation is 1. The van der Waals surface area contributed by atoms with Crippen molar-refractivity contribution in [3.05, 3.63) is 57.5 Å². The molecule has 2 aliphatic carbocycles. The third kappa shape index (κ3) is 5.07. The summed E-state index contributed by atoms with van der Waals surface area (Å²) >= 11 is 1.53. The first-order valence-electron chi connectivity index (χ1n) is 14.4. The number of nitrogens with zero attached hydrogens (tertiary/aromatic N) is 6. The smallest absolute Gasteiger partial charge is 0.271 e. The van der Waals surface area contributed by atoms with Gasteiger partial charge in [-0.1, -0.05) is 6.08 Å². The molecular formula is C30H35N9O2S. The standard InChI is InChI=1S/C30H35N9O2S/c1-34-29(40)21-9-13-39(37-21)23-14-24(41-17-19-7-5-12-38(19)2)36-28(35-23)26(32)18-6-3-10-30(15-18)11-4-8-22-25(30)20(16-31)27(33)42-22/h9,13-15,19,32H,3-8,10-12,17,33H2,1-2H3,(H,34,40)/t19-,30+/m0/s1. The number of hydrogen-bond acceptors (Lipinski definition) is 10. The molecule has 1 aliphatic heterocycles. The normalized spacial score (nSPS) is 21.9. The number of anilines is 1. The summed E-state index contributed by atoms with van der Waals surface area (Å²) < 4.78 is 7.70. The molecule has 12 heteroatoms. The number of aromatic nitrogens is 4. The number of nitrogen functional groups attached to an aromatic ring is 1. The fourth-order valence-electron chi connectivity index (χ4n) is 6.60. The molecule has 3 aromatic heterocycles. The van der Waals surface area contributed by atoms with Gasteiger partial charge in [-0.15, -0.1) is 11.3 Å². The van der Waals surface area contributed by atoms with Gasteiger partial charge in [0.1, 0.15) is 23.4 Å². The average molecular weight is 586 g/mol. The molecule has 2 atom stereocenters. The SMILES string of the molecule is CNC(=O)c1ccn(-c2cc(OC[C@@H]3CCCN3C)nc(C(=N)C3=C[C@@]4(CCC3)CCCc3sc(N)c(C#N)c34)n2)n1. The van der Waals surface area contributed by atoms with E-state index >= 15 is 0 Å². The van der Waals surface area contributed by atoms with Gasteiger partial charge in [-0.25, -0.2) is 9.67 Å². The van der Waals surface area contributed by atoms with E-state index < -0.39 is 0 Å². The molecule has 3 aromatic rings. The molecule has 0 bridgehead atoms. The van der Waals surface area contributed by atoms with Gasteiger partial charge in [0.05, 0.1) is 5.56 Å². The number of allylic oxidation sites excluding steroid dienone is 2. The van der Waals surface area contributed by atoms with Gasteiger partial charge in [-0.2, -0.15) is 15.3 Å². The Morgan fingerprint density at radius 2 is 2.12 bits per heavy atom. The maximum absolute atomic E-state index is 12.2. The summed E-state index contributed by atoms with van der Waals surface area (Å²) in [4.78, 5) is 25.0. The highest BCUT2D eigenvalue weighted by molar-refractivity contribution is 7.16. The topological polar surface area (TPSA) is 159 Å². The minimum absolute atomic E-state index is 0.228. The number of carbonyl (C=O) groups is 1. The van der Waals surface area contributed by atoms with Crippen molar-refractivity contribution in [3.63, 3.8) is 0 Å². The van der Waals surface area contributed by atoms with Crippen LogP contribution in [0, 0.1) is 16.7 Å². The Labute approximate surface area is 248 Å². The average Bonchev–Trinajstić information content (AvgIpc) is 3.74. The highest BCUT2D eigenvalue weighted by Gasteiger charge is 2.41. The van der Waals surface area contributed by atoms with Crippen LogP contribution < -0.4 is 15.8 Å². The van der Waals surface area contributed by atoms with E-state index in [2.05, 4.69) is 39.5 Å². The Bertz CT molecular complexity index is 1620. The quantitative estimate of drug-likeness (QED) is 0.354. The van der Waals surface area contributed by atoms with Gasteiger partial charge < -0.3 is 20.7 Å². The molecule has 1 fully saturated rings. The van der Waals surface area contributed by atoms with E-state index in [9.17, 15) is 15.5 Å². The Kier molecular flexibility index (Phi) is 7.55. The lowest BCUT2D eigenvalue weighted by molar-refractivity contribution is 0.0957. The van der Waals surface area contributed by atoms with E-state index in [4.69, 9.17) is 15.5 Å². The van der Waals surface area contributed by atoms with Crippen LogP contribution in [0.25, 0.3) is 5.82 Å². The monoisotopic (exact) mass is 585 g/mol. The van der Waals surface area contributed by atoms with Crippen LogP contribution in [0.4, 0.5) is 5.00 Å². The minimum Gasteiger partial charge on any atom is -0.476 e. The summed E-state index contributed by atoms with van der Waals surface area (Å²) in [5, 5.41) is 26.8. The van der Waals surface area contributed by atoms with Crippen LogP contribution in [0.2, 0.25) is 0 Å². The number of fused-ring (bicyclic) bond motifs is 2. The largest absolute Gasteiger partial charge is 0.476 e. The van der Waals surface area contributed by atoms with Crippen LogP contribution in [0.5, 0.6) is 5.88 Å². The van der Waals surface area contributed by atoms with Crippen molar-refractivity contribution in [2.24, 2.45) is 0 Å². The third-order valence-electron chi connectivity index (χ3n) is 8.78. The summed E-state index contributed by atoms with van der Waals surface area (Å²) in [6.07, 6.45) is 11.4. The van der Waals surface area contributed by atoms with Crippen molar-refractivity contribution in [3.8, 4) is 17.8 Å². The molecule has 42 heavy (non-hydrogen) atoms. The van der Waals surface area contributed by atoms with Crippen molar-refractivity contribution in [2.45, 2.75) is 62.8 Å². The fraction of sp³-hybridized carbons (Fsp3) is 0.467. The van der Waals surface area contributed by atoms with E-state index in [1.54, 1.807) is 25.4 Å². The molecule has 1 amide bonds. The summed E-state index contributed by atoms with van der Waals surface area (Å²) in [7, 11) is 3.65. The van der Waals surface area contributed by atoms with Gasteiger partial charge in [0, 0.05) is 35.6 Å². The molecule has 4 N–H and O–H groups in total. The van der Waals surface area contributed by atoms with E-state index in [1.807, 2.05) is 0 Å². The highest BCUT2D eigenvalue weighted by atomic mass is 32.1. The molecule has 0 unspecified atom stereocenters. The molecule has 11 nitrogen and oxygen atoms in total. The van der Waals surface area contributed by atoms with Crippen molar-refractivity contribution >= 4 is 28.0 Å². The van der Waals surface area contributed by atoms with E-state index in [-0.39, 0.29) is 28.6 Å². The number of likely N-dealkylation sites (tertiary alicyclic amines) is 1. The minimum atomic E-state index is -0.318. The zero-order valence-corrected chi connectivity index (χ0v) is 24.8. The maximum Gasteiger partial charge on any atom is 0.271 e. The van der Waals surface area contributed by atoms with E-state index in [0.717, 1.165) is 69.0 Å². The van der Waals surface area contributed by atoms with Gasteiger partial charge in [0.2, 0.25) is 5.88 Å². The number of carbonyl (C=O) groups excluding carboxylic acids is 1. The molecule has 4 heterocycles. The Balaban J connectivity index is 1.37. The zero-order chi connectivity index (χ0) is 29.4. The lowest BCUT2D eigenvalue weighted by Gasteiger charge is -2.39. The predicted molar refractivity (Wildman–Crippen MR) is 161 cm³/mol. The van der Waals surface area contributed by atoms with Crippen LogP contribution in [0.1, 0.15) is 77.3 Å². The first-order valence-corrected chi connectivity index (χ1v) is 15.3. The van der Waals surface area contributed by atoms with Crippen LogP contribution in [0.3, 0.4) is 0 Å². The number of nitrogens with two attached hydrogens (primary N) is 1. The molecule has 218 valence electrons. The van der Waals surface area contributed by atoms with Gasteiger partial charge in [-0.3, -0.25) is 10.2 Å². The molecule has 6 rings (SSSR count). The first-order chi connectivity index (χ1) is 20.3. The number of rotatable bonds is 7. The fourth-order valence-corrected chi connectivity index (χ4v) is 7.76. The van der Waals surface area contributed by atoms with Gasteiger partial charge in [0.25, 0.3) is 5.91 Å². The van der Waals surface area contributed by atoms with Crippen LogP contribution >= 0.6 is 11.3 Å². The number of nitrogens with one attached hydrogen (secondary N) is 2. The van der Waals surface area contributed by atoms with E-state index in [1.165, 1.54) is 20.9 Å². The summed E-state index contributed by atoms with van der Waals surface area (Å²) in [6.45, 7) is 1.52. The third-order valence-corrected chi connectivity index (χ3v) is 9.86. The van der Waals surface area contributed by atoms with Crippen LogP contribution in [-0.4, -0.2) is 69.6 Å². The van der Waals surface area contributed by atoms with Gasteiger partial charge in [0.15, 0.2) is 17.3 Å². The van der Waals surface area contributed by atoms with Crippen molar-refractivity contribution in [1.82, 2.24) is 30.0 Å². The second-order valence-electron chi connectivity index (χ2n) is 11.4. The molecular weight excluding hydrogens is 550 g/mol. The Hall–Kier alpha value is -4.08. The number of ether oxygens (including phenoxy) is 1. The van der Waals surface area contributed by atoms with Gasteiger partial charge >= 0.3 is 0 Å². The van der Waals surface area contributed by atoms with Crippen molar-refractivity contribution in [2.75, 3.05) is 33.0 Å². The number of hydrogen-bond donors (Lipinski definition) is 3. The Morgan fingerprint density at radius 3 is 2.86 bits per heavy atom. The highest BCUT2D eigenvalue weighted by Crippen LogP contribution is 2.51. The Morgan fingerprint density at radius 1 is 1.31 bits per heavy atom. The van der Waals surface area contributed by atoms with Crippen molar-refractivity contribution < 1.29 is 9.53 Å².